The molecule has 3 aliphatic rings. The van der Waals surface area contributed by atoms with Crippen LogP contribution in [0.3, 0.4) is 0 Å². The van der Waals surface area contributed by atoms with Crippen LogP contribution < -0.4 is 5.32 Å². The Morgan fingerprint density at radius 2 is 1.96 bits per heavy atom. The lowest BCUT2D eigenvalue weighted by atomic mass is 9.87. The van der Waals surface area contributed by atoms with E-state index in [1.807, 2.05) is 0 Å². The predicted molar refractivity (Wildman–Crippen MR) is 96.5 cm³/mol. The van der Waals surface area contributed by atoms with Crippen molar-refractivity contribution in [2.24, 2.45) is 10.4 Å². The number of nitrogens with zero attached hydrogens (tertiary/aromatic N) is 3. The van der Waals surface area contributed by atoms with Gasteiger partial charge in [0.1, 0.15) is 0 Å². The van der Waals surface area contributed by atoms with Crippen LogP contribution in [0.2, 0.25) is 0 Å². The first kappa shape index (κ1) is 18.0. The van der Waals surface area contributed by atoms with Crippen LogP contribution in [0.1, 0.15) is 32.6 Å². The number of aliphatic imine (C=N–C) groups is 1. The maximum atomic E-state index is 5.64. The molecule has 1 unspecified atom stereocenters. The van der Waals surface area contributed by atoms with E-state index in [9.17, 15) is 0 Å². The Morgan fingerprint density at radius 3 is 2.71 bits per heavy atom. The highest BCUT2D eigenvalue weighted by Gasteiger charge is 2.42. The number of morpholine rings is 1. The zero-order valence-electron chi connectivity index (χ0n) is 15.3. The second-order valence-corrected chi connectivity index (χ2v) is 7.37. The van der Waals surface area contributed by atoms with E-state index in [1.165, 1.54) is 25.8 Å². The van der Waals surface area contributed by atoms with Crippen molar-refractivity contribution in [1.29, 1.82) is 0 Å². The summed E-state index contributed by atoms with van der Waals surface area (Å²) in [6.45, 7) is 13.2. The molecule has 6 nitrogen and oxygen atoms in total. The SMILES string of the molecule is CCNC(=NCCCCN1CCOCC1)N1CCC2(CCOC2)C1. The number of guanidine groups is 1. The van der Waals surface area contributed by atoms with Gasteiger partial charge in [0.2, 0.25) is 0 Å². The number of hydrogen-bond donors (Lipinski definition) is 1. The van der Waals surface area contributed by atoms with Gasteiger partial charge in [-0.15, -0.1) is 0 Å². The summed E-state index contributed by atoms with van der Waals surface area (Å²) in [4.78, 5) is 9.83. The topological polar surface area (TPSA) is 49.3 Å². The maximum absolute atomic E-state index is 5.64. The standard InChI is InChI=1S/C18H34N4O2/c1-2-19-17(22-9-5-18(15-22)6-12-24-16-18)20-7-3-4-8-21-10-13-23-14-11-21/h2-16H2,1H3,(H,19,20). The Balaban J connectivity index is 1.40. The van der Waals surface area contributed by atoms with Gasteiger partial charge in [-0.1, -0.05) is 0 Å². The molecule has 1 N–H and O–H groups in total. The van der Waals surface area contributed by atoms with Crippen molar-refractivity contribution in [3.8, 4) is 0 Å². The fourth-order valence-electron chi connectivity index (χ4n) is 3.97. The Hall–Kier alpha value is -0.850. The van der Waals surface area contributed by atoms with Gasteiger partial charge >= 0.3 is 0 Å². The quantitative estimate of drug-likeness (QED) is 0.448. The summed E-state index contributed by atoms with van der Waals surface area (Å²) in [7, 11) is 0. The van der Waals surface area contributed by atoms with Gasteiger partial charge in [-0.25, -0.2) is 0 Å². The third-order valence-corrected chi connectivity index (χ3v) is 5.51. The molecule has 3 heterocycles. The van der Waals surface area contributed by atoms with E-state index >= 15 is 0 Å². The summed E-state index contributed by atoms with van der Waals surface area (Å²) in [5.41, 5.74) is 0.395. The normalized spacial score (nSPS) is 28.9. The monoisotopic (exact) mass is 338 g/mol. The molecule has 3 aliphatic heterocycles. The molecule has 0 aliphatic carbocycles. The highest BCUT2D eigenvalue weighted by Crippen LogP contribution is 2.38. The fraction of sp³-hybridized carbons (Fsp3) is 0.944. The molecule has 1 spiro atoms. The molecule has 0 aromatic carbocycles. The summed E-state index contributed by atoms with van der Waals surface area (Å²) < 4.78 is 11.0. The van der Waals surface area contributed by atoms with Gasteiger partial charge in [-0.3, -0.25) is 9.89 Å². The van der Waals surface area contributed by atoms with Gasteiger partial charge < -0.3 is 19.7 Å². The van der Waals surface area contributed by atoms with Gasteiger partial charge in [0.05, 0.1) is 19.8 Å². The van der Waals surface area contributed by atoms with Crippen LogP contribution >= 0.6 is 0 Å². The average molecular weight is 338 g/mol. The Kier molecular flexibility index (Phi) is 6.75. The molecular weight excluding hydrogens is 304 g/mol. The van der Waals surface area contributed by atoms with Crippen LogP contribution in [0.5, 0.6) is 0 Å². The number of unbranched alkanes of at least 4 members (excludes halogenated alkanes) is 1. The molecule has 1 atom stereocenters. The number of nitrogens with one attached hydrogen (secondary N) is 1. The first-order chi connectivity index (χ1) is 11.8. The third-order valence-electron chi connectivity index (χ3n) is 5.51. The average Bonchev–Trinajstić information content (AvgIpc) is 3.25. The third kappa shape index (κ3) is 4.83. The summed E-state index contributed by atoms with van der Waals surface area (Å²) >= 11 is 0. The Bertz CT molecular complexity index is 404. The number of hydrogen-bond acceptors (Lipinski definition) is 4. The van der Waals surface area contributed by atoms with E-state index in [0.29, 0.717) is 5.41 Å². The molecular formula is C18H34N4O2. The molecule has 0 aromatic rings. The molecule has 6 heteroatoms. The second-order valence-electron chi connectivity index (χ2n) is 7.37. The Labute approximate surface area is 146 Å². The zero-order chi connectivity index (χ0) is 16.7. The summed E-state index contributed by atoms with van der Waals surface area (Å²) in [5.74, 6) is 1.10. The van der Waals surface area contributed by atoms with Crippen molar-refractivity contribution in [3.63, 3.8) is 0 Å². The zero-order valence-corrected chi connectivity index (χ0v) is 15.3. The first-order valence-electron chi connectivity index (χ1n) is 9.72. The van der Waals surface area contributed by atoms with Crippen LogP contribution in [-0.2, 0) is 9.47 Å². The molecule has 0 bridgehead atoms. The highest BCUT2D eigenvalue weighted by atomic mass is 16.5. The van der Waals surface area contributed by atoms with E-state index in [2.05, 4.69) is 22.0 Å². The summed E-state index contributed by atoms with van der Waals surface area (Å²) in [6, 6.07) is 0. The summed E-state index contributed by atoms with van der Waals surface area (Å²) in [6.07, 6.45) is 4.84. The second kappa shape index (κ2) is 9.02. The minimum absolute atomic E-state index is 0.395. The molecule has 0 amide bonds. The number of likely N-dealkylation sites (tertiary alicyclic amines) is 1. The predicted octanol–water partition coefficient (Wildman–Crippen LogP) is 1.18. The lowest BCUT2D eigenvalue weighted by Crippen LogP contribution is -2.41. The van der Waals surface area contributed by atoms with Crippen LogP contribution in [0.15, 0.2) is 4.99 Å². The van der Waals surface area contributed by atoms with Gasteiger partial charge in [0.15, 0.2) is 5.96 Å². The minimum atomic E-state index is 0.395. The fourth-order valence-corrected chi connectivity index (χ4v) is 3.97. The van der Waals surface area contributed by atoms with E-state index in [4.69, 9.17) is 14.5 Å². The van der Waals surface area contributed by atoms with Gasteiger partial charge in [0, 0.05) is 51.3 Å². The van der Waals surface area contributed by atoms with Crippen molar-refractivity contribution in [3.05, 3.63) is 0 Å². The Morgan fingerprint density at radius 1 is 1.08 bits per heavy atom. The largest absolute Gasteiger partial charge is 0.381 e. The van der Waals surface area contributed by atoms with E-state index in [0.717, 1.165) is 78.1 Å². The molecule has 0 aromatic heterocycles. The lowest BCUT2D eigenvalue weighted by molar-refractivity contribution is 0.0373. The first-order valence-corrected chi connectivity index (χ1v) is 9.72. The molecule has 0 saturated carbocycles. The van der Waals surface area contributed by atoms with Crippen molar-refractivity contribution < 1.29 is 9.47 Å². The molecule has 3 fully saturated rings. The van der Waals surface area contributed by atoms with E-state index in [-0.39, 0.29) is 0 Å². The van der Waals surface area contributed by atoms with Crippen LogP contribution in [0.25, 0.3) is 0 Å². The number of ether oxygens (including phenoxy) is 2. The highest BCUT2D eigenvalue weighted by molar-refractivity contribution is 5.80. The van der Waals surface area contributed by atoms with E-state index in [1.54, 1.807) is 0 Å². The molecule has 138 valence electrons. The van der Waals surface area contributed by atoms with Gasteiger partial charge in [-0.2, -0.15) is 0 Å². The van der Waals surface area contributed by atoms with Crippen molar-refractivity contribution >= 4 is 5.96 Å². The van der Waals surface area contributed by atoms with Crippen molar-refractivity contribution in [2.45, 2.75) is 32.6 Å². The van der Waals surface area contributed by atoms with Crippen LogP contribution in [-0.4, -0.2) is 88.0 Å². The summed E-state index contributed by atoms with van der Waals surface area (Å²) in [5, 5.41) is 3.48. The van der Waals surface area contributed by atoms with Crippen LogP contribution in [0.4, 0.5) is 0 Å². The molecule has 24 heavy (non-hydrogen) atoms. The van der Waals surface area contributed by atoms with Gasteiger partial charge in [0.25, 0.3) is 0 Å². The minimum Gasteiger partial charge on any atom is -0.381 e. The van der Waals surface area contributed by atoms with Crippen LogP contribution in [0, 0.1) is 5.41 Å². The maximum Gasteiger partial charge on any atom is 0.193 e. The smallest absolute Gasteiger partial charge is 0.193 e. The van der Waals surface area contributed by atoms with Crippen molar-refractivity contribution in [2.75, 3.05) is 72.2 Å². The van der Waals surface area contributed by atoms with Crippen molar-refractivity contribution in [1.82, 2.24) is 15.1 Å². The molecule has 0 radical (unpaired) electrons. The van der Waals surface area contributed by atoms with Gasteiger partial charge in [-0.05, 0) is 39.2 Å². The lowest BCUT2D eigenvalue weighted by Gasteiger charge is -2.26. The number of rotatable bonds is 6. The molecule has 3 rings (SSSR count). The molecule has 3 saturated heterocycles. The van der Waals surface area contributed by atoms with E-state index < -0.39 is 0 Å².